The zero-order valence-electron chi connectivity index (χ0n) is 13.5. The van der Waals surface area contributed by atoms with Gasteiger partial charge in [0.25, 0.3) is 0 Å². The summed E-state index contributed by atoms with van der Waals surface area (Å²) >= 11 is 0. The van der Waals surface area contributed by atoms with Crippen LogP contribution in [0.15, 0.2) is 18.2 Å². The lowest BCUT2D eigenvalue weighted by Crippen LogP contribution is -2.50. The van der Waals surface area contributed by atoms with Crippen LogP contribution in [0.25, 0.3) is 0 Å². The third kappa shape index (κ3) is 3.22. The molecule has 1 aromatic rings. The molecule has 1 N–H and O–H groups in total. The summed E-state index contributed by atoms with van der Waals surface area (Å²) in [6.07, 6.45) is 0.740. The molecule has 23 heavy (non-hydrogen) atoms. The van der Waals surface area contributed by atoms with Crippen LogP contribution in [0.2, 0.25) is 0 Å². The first-order chi connectivity index (χ1) is 11.0. The number of piperazine rings is 1. The van der Waals surface area contributed by atoms with E-state index in [4.69, 9.17) is 0 Å². The lowest BCUT2D eigenvalue weighted by Gasteiger charge is -2.40. The van der Waals surface area contributed by atoms with E-state index in [2.05, 4.69) is 29.1 Å². The van der Waals surface area contributed by atoms with Gasteiger partial charge >= 0.3 is 0 Å². The van der Waals surface area contributed by atoms with Crippen molar-refractivity contribution in [3.63, 3.8) is 0 Å². The van der Waals surface area contributed by atoms with E-state index in [0.717, 1.165) is 19.6 Å². The summed E-state index contributed by atoms with van der Waals surface area (Å²) in [4.78, 5) is 27.5. The van der Waals surface area contributed by atoms with Crippen LogP contribution in [0.4, 0.5) is 10.1 Å². The Hall–Kier alpha value is -1.95. The largest absolute Gasteiger partial charge is 0.364 e. The van der Waals surface area contributed by atoms with Gasteiger partial charge in [0.15, 0.2) is 0 Å². The minimum Gasteiger partial charge on any atom is -0.364 e. The van der Waals surface area contributed by atoms with Crippen molar-refractivity contribution in [1.82, 2.24) is 10.2 Å². The predicted molar refractivity (Wildman–Crippen MR) is 85.8 cm³/mol. The van der Waals surface area contributed by atoms with Crippen molar-refractivity contribution in [2.24, 2.45) is 0 Å². The third-order valence-electron chi connectivity index (χ3n) is 4.75. The number of likely N-dealkylation sites (N-methyl/N-ethyl adjacent to an activating group) is 1. The second-order valence-electron chi connectivity index (χ2n) is 6.52. The van der Waals surface area contributed by atoms with Crippen LogP contribution >= 0.6 is 0 Å². The summed E-state index contributed by atoms with van der Waals surface area (Å²) in [5, 5.41) is 2.32. The minimum atomic E-state index is -0.443. The number of piperidine rings is 1. The average molecular weight is 319 g/mol. The zero-order valence-corrected chi connectivity index (χ0v) is 13.5. The van der Waals surface area contributed by atoms with E-state index >= 15 is 0 Å². The van der Waals surface area contributed by atoms with Crippen LogP contribution in [0.5, 0.6) is 0 Å². The molecule has 2 aliphatic heterocycles. The highest BCUT2D eigenvalue weighted by atomic mass is 19.1. The number of carbonyl (C=O) groups is 2. The fourth-order valence-corrected chi connectivity index (χ4v) is 3.48. The highest BCUT2D eigenvalue weighted by molar-refractivity contribution is 6.00. The Bertz CT molecular complexity index is 634. The fourth-order valence-electron chi connectivity index (χ4n) is 3.48. The minimum absolute atomic E-state index is 0.240. The van der Waals surface area contributed by atoms with Gasteiger partial charge in [0.2, 0.25) is 11.8 Å². The number of anilines is 1. The number of nitrogens with one attached hydrogen (secondary N) is 1. The summed E-state index contributed by atoms with van der Waals surface area (Å²) < 4.78 is 14.6. The monoisotopic (exact) mass is 319 g/mol. The number of hydrogen-bond donors (Lipinski definition) is 1. The molecule has 0 radical (unpaired) electrons. The Morgan fingerprint density at radius 1 is 1.26 bits per heavy atom. The summed E-state index contributed by atoms with van der Waals surface area (Å²) in [6.45, 7) is 4.67. The summed E-state index contributed by atoms with van der Waals surface area (Å²) in [7, 11) is 2.07. The van der Waals surface area contributed by atoms with Crippen molar-refractivity contribution in [1.29, 1.82) is 0 Å². The highest BCUT2D eigenvalue weighted by Gasteiger charge is 2.29. The van der Waals surface area contributed by atoms with Crippen molar-refractivity contribution in [3.8, 4) is 0 Å². The SMILES string of the molecule is CC1CN(C)CCN1c1ccc(C2CCC(=O)NC2=O)cc1F. The molecule has 2 aliphatic rings. The molecule has 2 unspecified atom stereocenters. The second kappa shape index (κ2) is 6.28. The zero-order chi connectivity index (χ0) is 16.6. The molecule has 2 saturated heterocycles. The van der Waals surface area contributed by atoms with Gasteiger partial charge in [0.05, 0.1) is 11.6 Å². The second-order valence-corrected chi connectivity index (χ2v) is 6.52. The molecule has 2 heterocycles. The first-order valence-corrected chi connectivity index (χ1v) is 8.04. The summed E-state index contributed by atoms with van der Waals surface area (Å²) in [5.41, 5.74) is 1.22. The Kier molecular flexibility index (Phi) is 4.35. The molecule has 3 rings (SSSR count). The summed E-state index contributed by atoms with van der Waals surface area (Å²) in [6, 6.07) is 5.25. The van der Waals surface area contributed by atoms with Crippen molar-refractivity contribution in [2.75, 3.05) is 31.6 Å². The van der Waals surface area contributed by atoms with Crippen LogP contribution in [0, 0.1) is 5.82 Å². The molecule has 6 heteroatoms. The number of benzene rings is 1. The normalized spacial score (nSPS) is 26.3. The van der Waals surface area contributed by atoms with Crippen LogP contribution in [-0.4, -0.2) is 49.4 Å². The van der Waals surface area contributed by atoms with E-state index in [1.807, 2.05) is 6.07 Å². The highest BCUT2D eigenvalue weighted by Crippen LogP contribution is 2.30. The Morgan fingerprint density at radius 2 is 2.04 bits per heavy atom. The molecule has 124 valence electrons. The summed E-state index contributed by atoms with van der Waals surface area (Å²) in [5.74, 6) is -1.33. The molecule has 1 aromatic carbocycles. The molecular weight excluding hydrogens is 297 g/mol. The first-order valence-electron chi connectivity index (χ1n) is 8.04. The smallest absolute Gasteiger partial charge is 0.234 e. The number of imide groups is 1. The van der Waals surface area contributed by atoms with Gasteiger partial charge in [-0.2, -0.15) is 0 Å². The molecule has 2 fully saturated rings. The first kappa shape index (κ1) is 15.9. The molecule has 0 bridgehead atoms. The fraction of sp³-hybridized carbons (Fsp3) is 0.529. The van der Waals surface area contributed by atoms with Gasteiger partial charge in [-0.1, -0.05) is 6.07 Å². The number of halogens is 1. The molecule has 0 aromatic heterocycles. The molecule has 2 amide bonds. The van der Waals surface area contributed by atoms with Crippen molar-refractivity contribution >= 4 is 17.5 Å². The van der Waals surface area contributed by atoms with E-state index in [1.54, 1.807) is 6.07 Å². The predicted octanol–water partition coefficient (Wildman–Crippen LogP) is 1.49. The van der Waals surface area contributed by atoms with Gasteiger partial charge in [-0.3, -0.25) is 14.9 Å². The van der Waals surface area contributed by atoms with E-state index in [9.17, 15) is 14.0 Å². The van der Waals surface area contributed by atoms with Gasteiger partial charge in [0.1, 0.15) is 5.82 Å². The van der Waals surface area contributed by atoms with E-state index in [-0.39, 0.29) is 23.7 Å². The van der Waals surface area contributed by atoms with Gasteiger partial charge < -0.3 is 9.80 Å². The topological polar surface area (TPSA) is 52.6 Å². The number of rotatable bonds is 2. The quantitative estimate of drug-likeness (QED) is 0.839. The molecule has 5 nitrogen and oxygen atoms in total. The average Bonchev–Trinajstić information content (AvgIpc) is 2.48. The van der Waals surface area contributed by atoms with Gasteiger partial charge in [-0.05, 0) is 38.1 Å². The molecule has 0 aliphatic carbocycles. The molecule has 2 atom stereocenters. The Balaban J connectivity index is 1.81. The van der Waals surface area contributed by atoms with Crippen molar-refractivity contribution in [3.05, 3.63) is 29.6 Å². The number of nitrogens with zero attached hydrogens (tertiary/aromatic N) is 2. The lowest BCUT2D eigenvalue weighted by atomic mass is 9.90. The van der Waals surface area contributed by atoms with E-state index in [0.29, 0.717) is 24.1 Å². The number of amides is 2. The van der Waals surface area contributed by atoms with Crippen molar-refractivity contribution < 1.29 is 14.0 Å². The maximum atomic E-state index is 14.6. The van der Waals surface area contributed by atoms with Crippen LogP contribution in [0.3, 0.4) is 0 Å². The van der Waals surface area contributed by atoms with Crippen LogP contribution in [0.1, 0.15) is 31.2 Å². The van der Waals surface area contributed by atoms with Crippen LogP contribution in [-0.2, 0) is 9.59 Å². The Morgan fingerprint density at radius 3 is 2.70 bits per heavy atom. The van der Waals surface area contributed by atoms with E-state index in [1.165, 1.54) is 6.07 Å². The molecule has 0 saturated carbocycles. The third-order valence-corrected chi connectivity index (χ3v) is 4.75. The molecule has 0 spiro atoms. The van der Waals surface area contributed by atoms with Gasteiger partial charge in [-0.15, -0.1) is 0 Å². The van der Waals surface area contributed by atoms with Crippen molar-refractivity contribution in [2.45, 2.75) is 31.7 Å². The maximum Gasteiger partial charge on any atom is 0.234 e. The van der Waals surface area contributed by atoms with Gasteiger partial charge in [0, 0.05) is 32.1 Å². The number of hydrogen-bond acceptors (Lipinski definition) is 4. The lowest BCUT2D eigenvalue weighted by molar-refractivity contribution is -0.134. The van der Waals surface area contributed by atoms with E-state index < -0.39 is 5.92 Å². The number of carbonyl (C=O) groups excluding carboxylic acids is 2. The van der Waals surface area contributed by atoms with Gasteiger partial charge in [-0.25, -0.2) is 4.39 Å². The maximum absolute atomic E-state index is 14.6. The Labute approximate surface area is 135 Å². The standard InChI is InChI=1S/C17H22FN3O2/c1-11-10-20(2)7-8-21(11)15-5-3-12(9-14(15)18)13-4-6-16(22)19-17(13)23/h3,5,9,11,13H,4,6-8,10H2,1-2H3,(H,19,22,23). The molecular formula is C17H22FN3O2. The van der Waals surface area contributed by atoms with Crippen LogP contribution < -0.4 is 10.2 Å².